The van der Waals surface area contributed by atoms with Crippen LogP contribution in [-0.2, 0) is 0 Å². The van der Waals surface area contributed by atoms with Crippen LogP contribution >= 0.6 is 0 Å². The SMILES string of the molecule is Cc1cc(C2CCCCC2)n([C@H](C)c2ccccc2)c1. The third kappa shape index (κ3) is 2.67. The molecule has 0 bridgehead atoms. The van der Waals surface area contributed by atoms with Crippen LogP contribution in [0.2, 0.25) is 0 Å². The second-order valence-electron chi connectivity index (χ2n) is 6.27. The molecule has 0 radical (unpaired) electrons. The van der Waals surface area contributed by atoms with Crippen molar-refractivity contribution < 1.29 is 0 Å². The summed E-state index contributed by atoms with van der Waals surface area (Å²) in [5.41, 5.74) is 4.35. The maximum atomic E-state index is 2.51. The van der Waals surface area contributed by atoms with Crippen molar-refractivity contribution in [1.82, 2.24) is 4.57 Å². The average molecular weight is 267 g/mol. The van der Waals surface area contributed by atoms with Crippen molar-refractivity contribution in [3.8, 4) is 0 Å². The number of nitrogens with zero attached hydrogens (tertiary/aromatic N) is 1. The lowest BCUT2D eigenvalue weighted by Gasteiger charge is -2.26. The largest absolute Gasteiger partial charge is 0.344 e. The van der Waals surface area contributed by atoms with Gasteiger partial charge in [0.05, 0.1) is 6.04 Å². The van der Waals surface area contributed by atoms with Crippen LogP contribution in [0.1, 0.15) is 67.8 Å². The molecular weight excluding hydrogens is 242 g/mol. The molecule has 0 spiro atoms. The summed E-state index contributed by atoms with van der Waals surface area (Å²) in [5, 5.41) is 0. The summed E-state index contributed by atoms with van der Waals surface area (Å²) in [6.45, 7) is 4.54. The molecule has 1 heterocycles. The van der Waals surface area contributed by atoms with Crippen molar-refractivity contribution in [3.63, 3.8) is 0 Å². The van der Waals surface area contributed by atoms with Crippen molar-refractivity contribution >= 4 is 0 Å². The molecule has 20 heavy (non-hydrogen) atoms. The Morgan fingerprint density at radius 2 is 1.75 bits per heavy atom. The van der Waals surface area contributed by atoms with Gasteiger partial charge in [0.2, 0.25) is 0 Å². The molecule has 3 rings (SSSR count). The summed E-state index contributed by atoms with van der Waals surface area (Å²) in [6.07, 6.45) is 9.28. The predicted octanol–water partition coefficient (Wildman–Crippen LogP) is 5.45. The Morgan fingerprint density at radius 1 is 1.05 bits per heavy atom. The molecule has 0 N–H and O–H groups in total. The van der Waals surface area contributed by atoms with Gasteiger partial charge in [-0.3, -0.25) is 0 Å². The number of benzene rings is 1. The lowest BCUT2D eigenvalue weighted by Crippen LogP contribution is -2.14. The molecule has 1 heteroatoms. The minimum Gasteiger partial charge on any atom is -0.344 e. The molecule has 0 unspecified atom stereocenters. The Hall–Kier alpha value is -1.50. The van der Waals surface area contributed by atoms with Crippen LogP contribution < -0.4 is 0 Å². The Balaban J connectivity index is 1.92. The van der Waals surface area contributed by atoms with Gasteiger partial charge in [-0.05, 0) is 49.8 Å². The lowest BCUT2D eigenvalue weighted by atomic mass is 9.86. The van der Waals surface area contributed by atoms with Gasteiger partial charge in [0.15, 0.2) is 0 Å². The number of aryl methyl sites for hydroxylation is 1. The van der Waals surface area contributed by atoms with E-state index in [1.807, 2.05) is 0 Å². The number of hydrogen-bond donors (Lipinski definition) is 0. The van der Waals surface area contributed by atoms with E-state index in [-0.39, 0.29) is 0 Å². The standard InChI is InChI=1S/C19H25N/c1-15-13-19(18-11-7-4-8-12-18)20(14-15)16(2)17-9-5-3-6-10-17/h3,5-6,9-10,13-14,16,18H,4,7-8,11-12H2,1-2H3/t16-/m1/s1. The summed E-state index contributed by atoms with van der Waals surface area (Å²) < 4.78 is 2.51. The first-order valence-electron chi connectivity index (χ1n) is 7.99. The first-order valence-corrected chi connectivity index (χ1v) is 7.99. The van der Waals surface area contributed by atoms with Crippen molar-refractivity contribution in [2.24, 2.45) is 0 Å². The normalized spacial score (nSPS) is 18.1. The quantitative estimate of drug-likeness (QED) is 0.696. The van der Waals surface area contributed by atoms with Crippen molar-refractivity contribution in [2.75, 3.05) is 0 Å². The molecule has 0 aliphatic heterocycles. The Bertz CT molecular complexity index is 546. The van der Waals surface area contributed by atoms with E-state index in [4.69, 9.17) is 0 Å². The number of rotatable bonds is 3. The van der Waals surface area contributed by atoms with E-state index < -0.39 is 0 Å². The van der Waals surface area contributed by atoms with E-state index in [0.29, 0.717) is 6.04 Å². The lowest BCUT2D eigenvalue weighted by molar-refractivity contribution is 0.418. The van der Waals surface area contributed by atoms with Gasteiger partial charge in [-0.1, -0.05) is 49.6 Å². The zero-order valence-corrected chi connectivity index (χ0v) is 12.7. The summed E-state index contributed by atoms with van der Waals surface area (Å²) in [5.74, 6) is 0.767. The fourth-order valence-corrected chi connectivity index (χ4v) is 3.59. The first-order chi connectivity index (χ1) is 9.75. The average Bonchev–Trinajstić information content (AvgIpc) is 2.90. The van der Waals surface area contributed by atoms with Crippen LogP contribution in [0, 0.1) is 6.92 Å². The maximum Gasteiger partial charge on any atom is 0.0554 e. The van der Waals surface area contributed by atoms with E-state index in [2.05, 4.69) is 61.0 Å². The highest BCUT2D eigenvalue weighted by atomic mass is 15.0. The molecule has 1 aromatic carbocycles. The number of hydrogen-bond acceptors (Lipinski definition) is 0. The molecular formula is C19H25N. The van der Waals surface area contributed by atoms with Crippen LogP contribution in [0.5, 0.6) is 0 Å². The van der Waals surface area contributed by atoms with Gasteiger partial charge in [0, 0.05) is 11.9 Å². The van der Waals surface area contributed by atoms with E-state index in [0.717, 1.165) is 5.92 Å². The van der Waals surface area contributed by atoms with Gasteiger partial charge in [-0.15, -0.1) is 0 Å². The van der Waals surface area contributed by atoms with Gasteiger partial charge in [0.1, 0.15) is 0 Å². The minimum atomic E-state index is 0.432. The van der Waals surface area contributed by atoms with Gasteiger partial charge >= 0.3 is 0 Å². The minimum absolute atomic E-state index is 0.432. The van der Waals surface area contributed by atoms with Gasteiger partial charge in [-0.2, -0.15) is 0 Å². The summed E-state index contributed by atoms with van der Waals surface area (Å²) in [7, 11) is 0. The Kier molecular flexibility index (Phi) is 3.95. The highest BCUT2D eigenvalue weighted by Gasteiger charge is 2.21. The van der Waals surface area contributed by atoms with Crippen LogP contribution in [0.25, 0.3) is 0 Å². The van der Waals surface area contributed by atoms with E-state index in [1.54, 1.807) is 5.69 Å². The molecule has 1 nitrogen and oxygen atoms in total. The zero-order valence-electron chi connectivity index (χ0n) is 12.7. The Labute approximate surface area is 122 Å². The summed E-state index contributed by atoms with van der Waals surface area (Å²) in [6, 6.07) is 13.7. The predicted molar refractivity (Wildman–Crippen MR) is 85.3 cm³/mol. The monoisotopic (exact) mass is 267 g/mol. The van der Waals surface area contributed by atoms with Crippen LogP contribution in [0.3, 0.4) is 0 Å². The zero-order chi connectivity index (χ0) is 13.9. The molecule has 1 saturated carbocycles. The van der Waals surface area contributed by atoms with Crippen molar-refractivity contribution in [1.29, 1.82) is 0 Å². The highest BCUT2D eigenvalue weighted by Crippen LogP contribution is 2.35. The van der Waals surface area contributed by atoms with E-state index in [1.165, 1.54) is 43.2 Å². The van der Waals surface area contributed by atoms with Gasteiger partial charge in [0.25, 0.3) is 0 Å². The molecule has 1 aliphatic rings. The van der Waals surface area contributed by atoms with Crippen LogP contribution in [0.4, 0.5) is 0 Å². The fourth-order valence-electron chi connectivity index (χ4n) is 3.59. The molecule has 106 valence electrons. The van der Waals surface area contributed by atoms with E-state index >= 15 is 0 Å². The molecule has 2 aromatic rings. The second-order valence-corrected chi connectivity index (χ2v) is 6.27. The molecule has 0 saturated heterocycles. The summed E-state index contributed by atoms with van der Waals surface area (Å²) in [4.78, 5) is 0. The van der Waals surface area contributed by atoms with Crippen molar-refractivity contribution in [3.05, 3.63) is 59.4 Å². The molecule has 1 aliphatic carbocycles. The molecule has 1 fully saturated rings. The summed E-state index contributed by atoms with van der Waals surface area (Å²) >= 11 is 0. The number of aromatic nitrogens is 1. The van der Waals surface area contributed by atoms with Crippen LogP contribution in [0.15, 0.2) is 42.6 Å². The van der Waals surface area contributed by atoms with Crippen molar-refractivity contribution in [2.45, 2.75) is 57.9 Å². The van der Waals surface area contributed by atoms with Gasteiger partial charge < -0.3 is 4.57 Å². The Morgan fingerprint density at radius 3 is 2.45 bits per heavy atom. The van der Waals surface area contributed by atoms with E-state index in [9.17, 15) is 0 Å². The maximum absolute atomic E-state index is 2.51. The smallest absolute Gasteiger partial charge is 0.0554 e. The second kappa shape index (κ2) is 5.87. The molecule has 1 atom stereocenters. The highest BCUT2D eigenvalue weighted by molar-refractivity contribution is 5.27. The first kappa shape index (κ1) is 13.5. The third-order valence-electron chi connectivity index (χ3n) is 4.74. The van der Waals surface area contributed by atoms with Gasteiger partial charge in [-0.25, -0.2) is 0 Å². The third-order valence-corrected chi connectivity index (χ3v) is 4.74. The fraction of sp³-hybridized carbons (Fsp3) is 0.474. The molecule has 0 amide bonds. The van der Waals surface area contributed by atoms with Crippen LogP contribution in [-0.4, -0.2) is 4.57 Å². The molecule has 1 aromatic heterocycles. The topological polar surface area (TPSA) is 4.93 Å².